The van der Waals surface area contributed by atoms with E-state index in [4.69, 9.17) is 9.15 Å². The fraction of sp³-hybridized carbons (Fsp3) is 0.462. The summed E-state index contributed by atoms with van der Waals surface area (Å²) in [6, 6.07) is 2.77. The van der Waals surface area contributed by atoms with E-state index >= 15 is 0 Å². The summed E-state index contributed by atoms with van der Waals surface area (Å²) in [5, 5.41) is 11.7. The summed E-state index contributed by atoms with van der Waals surface area (Å²) in [5.74, 6) is -0.256. The van der Waals surface area contributed by atoms with Crippen molar-refractivity contribution >= 4 is 29.7 Å². The molecular weight excluding hydrogens is 282 g/mol. The van der Waals surface area contributed by atoms with Crippen molar-refractivity contribution in [2.75, 3.05) is 0 Å². The van der Waals surface area contributed by atoms with Crippen molar-refractivity contribution in [1.29, 1.82) is 0 Å². The number of nitro groups is 1. The molecule has 0 radical (unpaired) electrons. The Morgan fingerprint density at radius 2 is 2.15 bits per heavy atom. The molecule has 1 aromatic rings. The minimum atomic E-state index is -0.603. The van der Waals surface area contributed by atoms with Gasteiger partial charge in [-0.1, -0.05) is 0 Å². The van der Waals surface area contributed by atoms with Crippen LogP contribution >= 0.6 is 11.8 Å². The van der Waals surface area contributed by atoms with E-state index in [1.54, 1.807) is 39.2 Å². The number of carbonyl (C=O) groups is 1. The van der Waals surface area contributed by atoms with Gasteiger partial charge in [-0.3, -0.25) is 14.9 Å². The fourth-order valence-electron chi connectivity index (χ4n) is 1.19. The Morgan fingerprint density at radius 3 is 2.65 bits per heavy atom. The third-order valence-corrected chi connectivity index (χ3v) is 2.94. The molecule has 0 aliphatic heterocycles. The summed E-state index contributed by atoms with van der Waals surface area (Å²) >= 11 is 1.25. The molecule has 0 amide bonds. The maximum Gasteiger partial charge on any atom is 0.433 e. The summed E-state index contributed by atoms with van der Waals surface area (Å²) in [6.07, 6.45) is 1.57. The van der Waals surface area contributed by atoms with Gasteiger partial charge in [0.2, 0.25) is 0 Å². The fourth-order valence-corrected chi connectivity index (χ4v) is 1.80. The molecule has 1 atom stereocenters. The molecule has 0 N–H and O–H groups in total. The zero-order chi connectivity index (χ0) is 15.3. The Bertz CT molecular complexity index is 515. The third kappa shape index (κ3) is 5.48. The Hall–Kier alpha value is -1.76. The van der Waals surface area contributed by atoms with Gasteiger partial charge in [0.1, 0.15) is 21.5 Å². The number of rotatable bonds is 5. The topological polar surface area (TPSA) is 82.6 Å². The van der Waals surface area contributed by atoms with Gasteiger partial charge in [0.05, 0.1) is 6.07 Å². The second-order valence-electron chi connectivity index (χ2n) is 5.05. The lowest BCUT2D eigenvalue weighted by atomic mass is 10.2. The smallest absolute Gasteiger partial charge is 0.433 e. The predicted molar refractivity (Wildman–Crippen MR) is 77.3 cm³/mol. The number of ether oxygens (including phenoxy) is 1. The lowest BCUT2D eigenvalue weighted by Crippen LogP contribution is -2.28. The Labute approximate surface area is 121 Å². The zero-order valence-corrected chi connectivity index (χ0v) is 12.6. The van der Waals surface area contributed by atoms with E-state index in [2.05, 4.69) is 0 Å². The van der Waals surface area contributed by atoms with Gasteiger partial charge in [-0.25, -0.2) is 0 Å². The third-order valence-electron chi connectivity index (χ3n) is 2.05. The standard InChI is InChI=1S/C13H17NO5S/c1-9(12(15)19-13(2,3)4)20-8-7-10-5-6-11(18-10)14(16)17/h5-9H,1-4H3/b8-7+/t9-/m1/s1. The summed E-state index contributed by atoms with van der Waals surface area (Å²) < 4.78 is 10.2. The van der Waals surface area contributed by atoms with E-state index in [-0.39, 0.29) is 17.1 Å². The number of thioether (sulfide) groups is 1. The van der Waals surface area contributed by atoms with Crippen LogP contribution in [0.2, 0.25) is 0 Å². The SMILES string of the molecule is C[C@@H](S/C=C/c1ccc([N+](=O)[O-])o1)C(=O)OC(C)(C)C. The van der Waals surface area contributed by atoms with Crippen molar-refractivity contribution in [2.24, 2.45) is 0 Å². The van der Waals surface area contributed by atoms with E-state index in [0.717, 1.165) is 0 Å². The van der Waals surface area contributed by atoms with Crippen LogP contribution < -0.4 is 0 Å². The summed E-state index contributed by atoms with van der Waals surface area (Å²) in [4.78, 5) is 21.5. The Kier molecular flexibility index (Phi) is 5.38. The summed E-state index contributed by atoms with van der Waals surface area (Å²) in [7, 11) is 0. The van der Waals surface area contributed by atoms with Crippen molar-refractivity contribution < 1.29 is 18.9 Å². The lowest BCUT2D eigenvalue weighted by molar-refractivity contribution is -0.402. The highest BCUT2D eigenvalue weighted by Gasteiger charge is 2.21. The average molecular weight is 299 g/mol. The molecule has 0 aromatic carbocycles. The molecular formula is C13H17NO5S. The predicted octanol–water partition coefficient (Wildman–Crippen LogP) is 3.62. The molecule has 110 valence electrons. The maximum atomic E-state index is 11.7. The second-order valence-corrected chi connectivity index (χ2v) is 6.30. The molecule has 1 rings (SSSR count). The maximum absolute atomic E-state index is 11.7. The highest BCUT2D eigenvalue weighted by molar-refractivity contribution is 8.03. The summed E-state index contributed by atoms with van der Waals surface area (Å²) in [6.45, 7) is 7.15. The first-order chi connectivity index (χ1) is 9.19. The van der Waals surface area contributed by atoms with Gasteiger partial charge in [-0.2, -0.15) is 0 Å². The Balaban J connectivity index is 2.51. The van der Waals surface area contributed by atoms with Crippen LogP contribution in [0.3, 0.4) is 0 Å². The molecule has 0 unspecified atom stereocenters. The first-order valence-corrected chi connectivity index (χ1v) is 6.92. The van der Waals surface area contributed by atoms with Crippen LogP contribution in [0.25, 0.3) is 6.08 Å². The van der Waals surface area contributed by atoms with Crippen LogP contribution in [-0.4, -0.2) is 21.7 Å². The van der Waals surface area contributed by atoms with Gasteiger partial charge < -0.3 is 9.15 Å². The molecule has 1 heterocycles. The van der Waals surface area contributed by atoms with Gasteiger partial charge >= 0.3 is 11.9 Å². The van der Waals surface area contributed by atoms with E-state index in [1.807, 2.05) is 0 Å². The first-order valence-electron chi connectivity index (χ1n) is 5.98. The van der Waals surface area contributed by atoms with Crippen LogP contribution in [-0.2, 0) is 9.53 Å². The van der Waals surface area contributed by atoms with Crippen molar-refractivity contribution in [3.63, 3.8) is 0 Å². The quantitative estimate of drug-likeness (QED) is 0.469. The van der Waals surface area contributed by atoms with Crippen LogP contribution in [0.1, 0.15) is 33.5 Å². The lowest BCUT2D eigenvalue weighted by Gasteiger charge is -2.21. The van der Waals surface area contributed by atoms with Crippen molar-refractivity contribution in [2.45, 2.75) is 38.5 Å². The molecule has 0 aliphatic carbocycles. The zero-order valence-electron chi connectivity index (χ0n) is 11.8. The molecule has 1 aromatic heterocycles. The largest absolute Gasteiger partial charge is 0.459 e. The van der Waals surface area contributed by atoms with E-state index in [0.29, 0.717) is 5.76 Å². The molecule has 7 heteroatoms. The molecule has 0 bridgehead atoms. The van der Waals surface area contributed by atoms with Gasteiger partial charge in [-0.15, -0.1) is 11.8 Å². The average Bonchev–Trinajstić information content (AvgIpc) is 2.75. The number of hydrogen-bond donors (Lipinski definition) is 0. The second kappa shape index (κ2) is 6.60. The van der Waals surface area contributed by atoms with Crippen LogP contribution in [0.5, 0.6) is 0 Å². The number of hydrogen-bond acceptors (Lipinski definition) is 6. The van der Waals surface area contributed by atoms with Gasteiger partial charge in [0.25, 0.3) is 0 Å². The number of carbonyl (C=O) groups excluding carboxylic acids is 1. The number of esters is 1. The van der Waals surface area contributed by atoms with Crippen molar-refractivity contribution in [3.8, 4) is 0 Å². The van der Waals surface area contributed by atoms with Crippen molar-refractivity contribution in [3.05, 3.63) is 33.4 Å². The summed E-state index contributed by atoms with van der Waals surface area (Å²) in [5.41, 5.74) is -0.517. The van der Waals surface area contributed by atoms with Crippen LogP contribution in [0.4, 0.5) is 5.88 Å². The molecule has 0 aliphatic rings. The van der Waals surface area contributed by atoms with E-state index < -0.39 is 10.5 Å². The van der Waals surface area contributed by atoms with E-state index in [1.165, 1.54) is 23.9 Å². The molecule has 6 nitrogen and oxygen atoms in total. The first kappa shape index (κ1) is 16.3. The van der Waals surface area contributed by atoms with E-state index in [9.17, 15) is 14.9 Å². The molecule has 20 heavy (non-hydrogen) atoms. The van der Waals surface area contributed by atoms with Crippen LogP contribution in [0, 0.1) is 10.1 Å². The van der Waals surface area contributed by atoms with Crippen LogP contribution in [0.15, 0.2) is 22.0 Å². The molecule has 0 fully saturated rings. The molecule has 0 spiro atoms. The minimum absolute atomic E-state index is 0.308. The van der Waals surface area contributed by atoms with Gasteiger partial charge in [0, 0.05) is 0 Å². The number of nitrogens with zero attached hydrogens (tertiary/aromatic N) is 1. The minimum Gasteiger partial charge on any atom is -0.459 e. The number of furan rings is 1. The van der Waals surface area contributed by atoms with Gasteiger partial charge in [-0.05, 0) is 45.2 Å². The molecule has 0 saturated heterocycles. The van der Waals surface area contributed by atoms with Gasteiger partial charge in [0.15, 0.2) is 0 Å². The Morgan fingerprint density at radius 1 is 1.50 bits per heavy atom. The molecule has 0 saturated carbocycles. The monoisotopic (exact) mass is 299 g/mol. The highest BCUT2D eigenvalue weighted by atomic mass is 32.2. The van der Waals surface area contributed by atoms with Crippen molar-refractivity contribution in [1.82, 2.24) is 0 Å². The normalized spacial score (nSPS) is 13.4. The highest BCUT2D eigenvalue weighted by Crippen LogP contribution is 2.21.